The molecule has 0 atom stereocenters. The predicted octanol–water partition coefficient (Wildman–Crippen LogP) is 1.88. The fraction of sp³-hybridized carbons (Fsp3) is 0.462. The highest BCUT2D eigenvalue weighted by Gasteiger charge is 2.38. The second-order valence-corrected chi connectivity index (χ2v) is 4.98. The minimum absolute atomic E-state index is 0.228. The highest BCUT2D eigenvalue weighted by molar-refractivity contribution is 5.95. The zero-order valence-corrected chi connectivity index (χ0v) is 10.7. The number of nitrogens with one attached hydrogen (secondary N) is 1. The maximum atomic E-state index is 13.5. The molecule has 1 aromatic heterocycles. The Morgan fingerprint density at radius 3 is 2.60 bits per heavy atom. The van der Waals surface area contributed by atoms with E-state index in [1.54, 1.807) is 0 Å². The Balaban J connectivity index is 2.20. The van der Waals surface area contributed by atoms with E-state index in [9.17, 15) is 18.4 Å². The third kappa shape index (κ3) is 2.92. The van der Waals surface area contributed by atoms with Crippen LogP contribution in [-0.2, 0) is 4.79 Å². The van der Waals surface area contributed by atoms with Gasteiger partial charge in [-0.15, -0.1) is 0 Å². The largest absolute Gasteiger partial charge is 0.481 e. The third-order valence-electron chi connectivity index (χ3n) is 3.52. The minimum atomic E-state index is -1.35. The molecular weight excluding hydrogens is 270 g/mol. The van der Waals surface area contributed by atoms with Crippen LogP contribution in [-0.4, -0.2) is 27.5 Å². The average Bonchev–Trinajstić information content (AvgIpc) is 2.79. The van der Waals surface area contributed by atoms with E-state index in [1.165, 1.54) is 0 Å². The summed E-state index contributed by atoms with van der Waals surface area (Å²) in [7, 11) is 0. The van der Waals surface area contributed by atoms with E-state index < -0.39 is 34.7 Å². The van der Waals surface area contributed by atoms with Crippen molar-refractivity contribution in [3.05, 3.63) is 29.6 Å². The van der Waals surface area contributed by atoms with Crippen LogP contribution in [0.4, 0.5) is 8.78 Å². The molecule has 1 aromatic rings. The van der Waals surface area contributed by atoms with Crippen molar-refractivity contribution in [1.82, 2.24) is 10.3 Å². The predicted molar refractivity (Wildman–Crippen MR) is 65.1 cm³/mol. The lowest BCUT2D eigenvalue weighted by Crippen LogP contribution is -2.48. The van der Waals surface area contributed by atoms with Gasteiger partial charge in [0.2, 0.25) is 5.95 Å². The average molecular weight is 284 g/mol. The summed E-state index contributed by atoms with van der Waals surface area (Å²) in [5.41, 5.74) is -1.34. The van der Waals surface area contributed by atoms with Crippen LogP contribution >= 0.6 is 0 Å². The summed E-state index contributed by atoms with van der Waals surface area (Å²) in [6.45, 7) is 0. The van der Waals surface area contributed by atoms with Crippen molar-refractivity contribution in [2.75, 3.05) is 0 Å². The van der Waals surface area contributed by atoms with Gasteiger partial charge in [0.25, 0.3) is 5.91 Å². The second-order valence-electron chi connectivity index (χ2n) is 4.98. The number of carboxylic acid groups (broad SMARTS) is 1. The highest BCUT2D eigenvalue weighted by atomic mass is 19.2. The number of hydrogen-bond donors (Lipinski definition) is 2. The van der Waals surface area contributed by atoms with Crippen molar-refractivity contribution in [2.45, 2.75) is 37.6 Å². The molecular formula is C13H14F2N2O3. The molecule has 0 unspecified atom stereocenters. The van der Waals surface area contributed by atoms with Crippen molar-refractivity contribution in [1.29, 1.82) is 0 Å². The number of carbonyl (C=O) groups excluding carboxylic acids is 1. The fourth-order valence-corrected chi connectivity index (χ4v) is 2.59. The Morgan fingerprint density at radius 1 is 1.35 bits per heavy atom. The number of carboxylic acids is 1. The first-order valence-electron chi connectivity index (χ1n) is 6.28. The molecule has 0 bridgehead atoms. The normalized spacial score (nSPS) is 16.9. The van der Waals surface area contributed by atoms with Gasteiger partial charge in [0.15, 0.2) is 5.82 Å². The minimum Gasteiger partial charge on any atom is -0.481 e. The van der Waals surface area contributed by atoms with E-state index in [0.717, 1.165) is 25.1 Å². The Kier molecular flexibility index (Phi) is 3.96. The van der Waals surface area contributed by atoms with Crippen molar-refractivity contribution < 1.29 is 23.5 Å². The molecule has 1 saturated carbocycles. The standard InChI is InChI=1S/C13H14F2N2O3/c14-10-8(3-6-16-11(10)15)12(20)17-13(7-9(18)19)4-1-2-5-13/h3,6H,1-2,4-5,7H2,(H,17,20)(H,18,19). The van der Waals surface area contributed by atoms with Crippen LogP contribution in [0, 0.1) is 11.8 Å². The van der Waals surface area contributed by atoms with E-state index in [-0.39, 0.29) is 6.42 Å². The molecule has 1 amide bonds. The van der Waals surface area contributed by atoms with E-state index in [0.29, 0.717) is 12.8 Å². The van der Waals surface area contributed by atoms with Crippen LogP contribution in [0.15, 0.2) is 12.3 Å². The highest BCUT2D eigenvalue weighted by Crippen LogP contribution is 2.33. The summed E-state index contributed by atoms with van der Waals surface area (Å²) in [6.07, 6.45) is 3.38. The van der Waals surface area contributed by atoms with Crippen molar-refractivity contribution >= 4 is 11.9 Å². The van der Waals surface area contributed by atoms with Gasteiger partial charge in [0.05, 0.1) is 17.5 Å². The molecule has 108 valence electrons. The number of rotatable bonds is 4. The number of amides is 1. The van der Waals surface area contributed by atoms with Gasteiger partial charge in [-0.25, -0.2) is 9.37 Å². The Hall–Kier alpha value is -2.05. The summed E-state index contributed by atoms with van der Waals surface area (Å²) in [4.78, 5) is 26.0. The van der Waals surface area contributed by atoms with Crippen LogP contribution < -0.4 is 5.32 Å². The summed E-state index contributed by atoms with van der Waals surface area (Å²) < 4.78 is 26.5. The molecule has 0 aromatic carbocycles. The molecule has 1 heterocycles. The maximum Gasteiger partial charge on any atom is 0.305 e. The Morgan fingerprint density at radius 2 is 2.00 bits per heavy atom. The van der Waals surface area contributed by atoms with Crippen LogP contribution in [0.3, 0.4) is 0 Å². The van der Waals surface area contributed by atoms with Crippen LogP contribution in [0.25, 0.3) is 0 Å². The fourth-order valence-electron chi connectivity index (χ4n) is 2.59. The molecule has 0 spiro atoms. The van der Waals surface area contributed by atoms with E-state index >= 15 is 0 Å². The zero-order chi connectivity index (χ0) is 14.8. The lowest BCUT2D eigenvalue weighted by molar-refractivity contribution is -0.138. The molecule has 1 aliphatic rings. The summed E-state index contributed by atoms with van der Waals surface area (Å²) >= 11 is 0. The van der Waals surface area contributed by atoms with Gasteiger partial charge in [0.1, 0.15) is 0 Å². The van der Waals surface area contributed by atoms with E-state index in [4.69, 9.17) is 5.11 Å². The lowest BCUT2D eigenvalue weighted by atomic mass is 9.92. The number of halogens is 2. The number of aliphatic carboxylic acids is 1. The molecule has 2 rings (SSSR count). The van der Waals surface area contributed by atoms with Crippen molar-refractivity contribution in [3.8, 4) is 0 Å². The van der Waals surface area contributed by atoms with Gasteiger partial charge in [-0.2, -0.15) is 4.39 Å². The first-order valence-corrected chi connectivity index (χ1v) is 6.28. The van der Waals surface area contributed by atoms with Gasteiger partial charge >= 0.3 is 5.97 Å². The van der Waals surface area contributed by atoms with Gasteiger partial charge in [-0.1, -0.05) is 12.8 Å². The molecule has 20 heavy (non-hydrogen) atoms. The summed E-state index contributed by atoms with van der Waals surface area (Å²) in [5, 5.41) is 11.5. The van der Waals surface area contributed by atoms with Gasteiger partial charge in [-0.3, -0.25) is 9.59 Å². The number of carbonyl (C=O) groups is 2. The molecule has 0 radical (unpaired) electrons. The first-order chi connectivity index (χ1) is 9.43. The first kappa shape index (κ1) is 14.4. The molecule has 0 saturated heterocycles. The topological polar surface area (TPSA) is 79.3 Å². The molecule has 5 nitrogen and oxygen atoms in total. The second kappa shape index (κ2) is 5.52. The Bertz CT molecular complexity index is 542. The van der Waals surface area contributed by atoms with Gasteiger partial charge in [-0.05, 0) is 18.9 Å². The third-order valence-corrected chi connectivity index (χ3v) is 3.52. The zero-order valence-electron chi connectivity index (χ0n) is 10.7. The SMILES string of the molecule is O=C(O)CC1(NC(=O)c2ccnc(F)c2F)CCCC1. The number of aromatic nitrogens is 1. The molecule has 2 N–H and O–H groups in total. The molecule has 7 heteroatoms. The smallest absolute Gasteiger partial charge is 0.305 e. The van der Waals surface area contributed by atoms with Gasteiger partial charge < -0.3 is 10.4 Å². The van der Waals surface area contributed by atoms with Crippen LogP contribution in [0.2, 0.25) is 0 Å². The summed E-state index contributed by atoms with van der Waals surface area (Å²) in [6, 6.07) is 1.07. The van der Waals surface area contributed by atoms with E-state index in [1.807, 2.05) is 0 Å². The number of nitrogens with zero attached hydrogens (tertiary/aromatic N) is 1. The van der Waals surface area contributed by atoms with Crippen molar-refractivity contribution in [2.24, 2.45) is 0 Å². The maximum absolute atomic E-state index is 13.5. The number of pyridine rings is 1. The molecule has 0 aliphatic heterocycles. The van der Waals surface area contributed by atoms with E-state index in [2.05, 4.69) is 10.3 Å². The quantitative estimate of drug-likeness (QED) is 0.827. The van der Waals surface area contributed by atoms with Crippen LogP contribution in [0.5, 0.6) is 0 Å². The monoisotopic (exact) mass is 284 g/mol. The summed E-state index contributed by atoms with van der Waals surface area (Å²) in [5.74, 6) is -4.52. The van der Waals surface area contributed by atoms with Gasteiger partial charge in [0, 0.05) is 6.20 Å². The van der Waals surface area contributed by atoms with Crippen LogP contribution in [0.1, 0.15) is 42.5 Å². The molecule has 1 fully saturated rings. The van der Waals surface area contributed by atoms with Crippen molar-refractivity contribution in [3.63, 3.8) is 0 Å². The lowest BCUT2D eigenvalue weighted by Gasteiger charge is -2.28. The number of hydrogen-bond acceptors (Lipinski definition) is 3. The molecule has 1 aliphatic carbocycles. The Labute approximate surface area is 114 Å².